The second-order valence-electron chi connectivity index (χ2n) is 6.31. The Balaban J connectivity index is 0.000000887. The molecule has 0 aliphatic carbocycles. The number of halogens is 3. The zero-order chi connectivity index (χ0) is 21.9. The number of hydrogen-bond donors (Lipinski definition) is 3. The van der Waals surface area contributed by atoms with Crippen molar-refractivity contribution in [2.24, 2.45) is 11.7 Å². The molecule has 0 bridgehead atoms. The van der Waals surface area contributed by atoms with Gasteiger partial charge in [0.15, 0.2) is 0 Å². The molecule has 1 aromatic carbocycles. The summed E-state index contributed by atoms with van der Waals surface area (Å²) < 4.78 is 36.5. The predicted octanol–water partition coefficient (Wildman–Crippen LogP) is 1.89. The summed E-state index contributed by atoms with van der Waals surface area (Å²) in [5.41, 5.74) is 6.79. The Morgan fingerprint density at radius 1 is 1.18 bits per heavy atom. The van der Waals surface area contributed by atoms with Crippen molar-refractivity contribution < 1.29 is 37.4 Å². The number of nitrogens with two attached hydrogens (primary N) is 1. The number of amides is 1. The minimum absolute atomic E-state index is 0.316. The third-order valence-corrected chi connectivity index (χ3v) is 3.39. The first-order valence-electron chi connectivity index (χ1n) is 8.36. The maximum Gasteiger partial charge on any atom is 0.490 e. The van der Waals surface area contributed by atoms with Crippen LogP contribution in [-0.4, -0.2) is 48.3 Å². The molecule has 0 radical (unpaired) electrons. The number of carbonyl (C=O) groups excluding carboxylic acids is 2. The highest BCUT2D eigenvalue weighted by molar-refractivity contribution is 5.87. The van der Waals surface area contributed by atoms with E-state index in [9.17, 15) is 22.8 Å². The molecule has 1 rings (SSSR count). The predicted molar refractivity (Wildman–Crippen MR) is 95.2 cm³/mol. The summed E-state index contributed by atoms with van der Waals surface area (Å²) in [6, 6.07) is 8.13. The van der Waals surface area contributed by atoms with Gasteiger partial charge in [0.05, 0.1) is 13.2 Å². The minimum Gasteiger partial charge on any atom is -0.475 e. The van der Waals surface area contributed by atoms with Crippen molar-refractivity contribution in [3.63, 3.8) is 0 Å². The maximum atomic E-state index is 12.1. The minimum atomic E-state index is -5.08. The van der Waals surface area contributed by atoms with E-state index in [4.69, 9.17) is 20.4 Å². The largest absolute Gasteiger partial charge is 0.490 e. The van der Waals surface area contributed by atoms with Gasteiger partial charge in [-0.3, -0.25) is 4.79 Å². The highest BCUT2D eigenvalue weighted by atomic mass is 19.4. The number of carboxylic acids is 1. The number of ether oxygens (including phenoxy) is 1. The van der Waals surface area contributed by atoms with E-state index in [1.165, 1.54) is 7.11 Å². The zero-order valence-electron chi connectivity index (χ0n) is 15.8. The van der Waals surface area contributed by atoms with Crippen molar-refractivity contribution >= 4 is 17.8 Å². The number of alkyl halides is 3. The first kappa shape index (κ1) is 25.4. The average Bonchev–Trinajstić information content (AvgIpc) is 2.60. The van der Waals surface area contributed by atoms with E-state index >= 15 is 0 Å². The number of benzene rings is 1. The fraction of sp³-hybridized carbons (Fsp3) is 0.500. The normalized spacial score (nSPS) is 13.0. The van der Waals surface area contributed by atoms with Crippen LogP contribution in [0.5, 0.6) is 0 Å². The standard InChI is InChI=1S/C16H24N2O3.C2HF3O2/c1-11(2)9-13(17)15(19)18-14(16(20)21-3)10-12-7-5-4-6-8-12;3-2(4,5)1(6)7/h4-8,11,13-14H,9-10,17H2,1-3H3,(H,18,19);(H,6,7)/t13-,14+;/m0./s1. The number of aliphatic carboxylic acids is 1. The van der Waals surface area contributed by atoms with Crippen LogP contribution in [0.4, 0.5) is 13.2 Å². The lowest BCUT2D eigenvalue weighted by Gasteiger charge is -2.20. The Morgan fingerprint density at radius 3 is 2.07 bits per heavy atom. The molecular weight excluding hydrogens is 381 g/mol. The van der Waals surface area contributed by atoms with Gasteiger partial charge in [0.2, 0.25) is 5.91 Å². The molecule has 0 saturated heterocycles. The molecule has 1 amide bonds. The van der Waals surface area contributed by atoms with Crippen molar-refractivity contribution in [1.82, 2.24) is 5.32 Å². The number of carboxylic acid groups (broad SMARTS) is 1. The van der Waals surface area contributed by atoms with Crippen molar-refractivity contribution in [3.05, 3.63) is 35.9 Å². The molecule has 0 aliphatic rings. The lowest BCUT2D eigenvalue weighted by Crippen LogP contribution is -2.50. The average molecular weight is 406 g/mol. The molecule has 0 heterocycles. The SMILES string of the molecule is COC(=O)[C@@H](Cc1ccccc1)NC(=O)[C@@H](N)CC(C)C.O=C(O)C(F)(F)F. The van der Waals surface area contributed by atoms with Gasteiger partial charge in [0.1, 0.15) is 6.04 Å². The number of rotatable bonds is 7. The number of carbonyl (C=O) groups is 3. The molecule has 10 heteroatoms. The summed E-state index contributed by atoms with van der Waals surface area (Å²) in [6.45, 7) is 3.99. The van der Waals surface area contributed by atoms with Crippen LogP contribution in [0.15, 0.2) is 30.3 Å². The van der Waals surface area contributed by atoms with Gasteiger partial charge in [0.25, 0.3) is 0 Å². The van der Waals surface area contributed by atoms with Crippen molar-refractivity contribution in [1.29, 1.82) is 0 Å². The molecule has 2 atom stereocenters. The van der Waals surface area contributed by atoms with Crippen LogP contribution in [0.2, 0.25) is 0 Å². The smallest absolute Gasteiger partial charge is 0.475 e. The van der Waals surface area contributed by atoms with E-state index in [1.807, 2.05) is 44.2 Å². The van der Waals surface area contributed by atoms with Crippen molar-refractivity contribution in [2.75, 3.05) is 7.11 Å². The summed E-state index contributed by atoms with van der Waals surface area (Å²) in [5, 5.41) is 9.81. The van der Waals surface area contributed by atoms with Gasteiger partial charge < -0.3 is 20.9 Å². The Labute approximate surface area is 161 Å². The lowest BCUT2D eigenvalue weighted by molar-refractivity contribution is -0.192. The monoisotopic (exact) mass is 406 g/mol. The summed E-state index contributed by atoms with van der Waals surface area (Å²) in [5.74, 6) is -3.23. The topological polar surface area (TPSA) is 119 Å². The second-order valence-corrected chi connectivity index (χ2v) is 6.31. The highest BCUT2D eigenvalue weighted by Crippen LogP contribution is 2.13. The molecule has 158 valence electrons. The Morgan fingerprint density at radius 2 is 1.68 bits per heavy atom. The van der Waals surface area contributed by atoms with Crippen molar-refractivity contribution in [3.8, 4) is 0 Å². The van der Waals surface area contributed by atoms with Crippen LogP contribution >= 0.6 is 0 Å². The molecular formula is C18H25F3N2O5. The molecule has 0 aromatic heterocycles. The Kier molecular flexibility index (Phi) is 10.8. The van der Waals surface area contributed by atoms with Crippen LogP contribution < -0.4 is 11.1 Å². The van der Waals surface area contributed by atoms with Gasteiger partial charge in [-0.2, -0.15) is 13.2 Å². The second kappa shape index (κ2) is 12.0. The number of esters is 1. The molecule has 0 aliphatic heterocycles. The van der Waals surface area contributed by atoms with Gasteiger partial charge >= 0.3 is 18.1 Å². The fourth-order valence-corrected chi connectivity index (χ4v) is 2.08. The lowest BCUT2D eigenvalue weighted by atomic mass is 10.0. The number of hydrogen-bond acceptors (Lipinski definition) is 5. The zero-order valence-corrected chi connectivity index (χ0v) is 15.8. The van der Waals surface area contributed by atoms with Gasteiger partial charge in [-0.05, 0) is 17.9 Å². The van der Waals surface area contributed by atoms with Crippen LogP contribution in [0.25, 0.3) is 0 Å². The van der Waals surface area contributed by atoms with E-state index in [2.05, 4.69) is 5.32 Å². The highest BCUT2D eigenvalue weighted by Gasteiger charge is 2.38. The molecule has 7 nitrogen and oxygen atoms in total. The van der Waals surface area contributed by atoms with E-state index in [0.29, 0.717) is 18.8 Å². The first-order valence-corrected chi connectivity index (χ1v) is 8.36. The molecule has 28 heavy (non-hydrogen) atoms. The van der Waals surface area contributed by atoms with Gasteiger partial charge in [0, 0.05) is 6.42 Å². The Hall–Kier alpha value is -2.62. The Bertz CT molecular complexity index is 636. The molecule has 4 N–H and O–H groups in total. The van der Waals surface area contributed by atoms with Gasteiger partial charge in [-0.25, -0.2) is 9.59 Å². The summed E-state index contributed by atoms with van der Waals surface area (Å²) in [4.78, 5) is 32.8. The first-order chi connectivity index (χ1) is 12.9. The third-order valence-electron chi connectivity index (χ3n) is 3.39. The molecule has 0 spiro atoms. The molecule has 0 fully saturated rings. The van der Waals surface area contributed by atoms with Crippen LogP contribution in [0, 0.1) is 5.92 Å². The quantitative estimate of drug-likeness (QED) is 0.595. The third kappa shape index (κ3) is 10.5. The molecule has 1 aromatic rings. The van der Waals surface area contributed by atoms with E-state index in [1.54, 1.807) is 0 Å². The summed E-state index contributed by atoms with van der Waals surface area (Å²) >= 11 is 0. The number of methoxy groups -OCH3 is 1. The van der Waals surface area contributed by atoms with E-state index in [-0.39, 0.29) is 5.91 Å². The number of nitrogens with one attached hydrogen (secondary N) is 1. The van der Waals surface area contributed by atoms with Crippen LogP contribution in [0.3, 0.4) is 0 Å². The summed E-state index contributed by atoms with van der Waals surface area (Å²) in [7, 11) is 1.31. The van der Waals surface area contributed by atoms with E-state index < -0.39 is 30.2 Å². The van der Waals surface area contributed by atoms with Crippen LogP contribution in [0.1, 0.15) is 25.8 Å². The van der Waals surface area contributed by atoms with Gasteiger partial charge in [-0.15, -0.1) is 0 Å². The van der Waals surface area contributed by atoms with Gasteiger partial charge in [-0.1, -0.05) is 44.2 Å². The van der Waals surface area contributed by atoms with Crippen LogP contribution in [-0.2, 0) is 25.5 Å². The van der Waals surface area contributed by atoms with Crippen molar-refractivity contribution in [2.45, 2.75) is 44.9 Å². The van der Waals surface area contributed by atoms with E-state index in [0.717, 1.165) is 5.56 Å². The summed E-state index contributed by atoms with van der Waals surface area (Å²) in [6.07, 6.45) is -4.13. The molecule has 0 saturated carbocycles. The fourth-order valence-electron chi connectivity index (χ4n) is 2.08. The maximum absolute atomic E-state index is 12.1. The molecule has 0 unspecified atom stereocenters.